The molecule has 2 aromatic rings. The van der Waals surface area contributed by atoms with Crippen LogP contribution in [0.2, 0.25) is 5.02 Å². The van der Waals surface area contributed by atoms with Crippen molar-refractivity contribution in [3.8, 4) is 0 Å². The Balaban J connectivity index is 1.82. The molecule has 0 unspecified atom stereocenters. The summed E-state index contributed by atoms with van der Waals surface area (Å²) in [5, 5.41) is 11.2. The summed E-state index contributed by atoms with van der Waals surface area (Å²) in [7, 11) is 1.90. The van der Waals surface area contributed by atoms with Gasteiger partial charge >= 0.3 is 0 Å². The average Bonchev–Trinajstić information content (AvgIpc) is 2.76. The van der Waals surface area contributed by atoms with Crippen LogP contribution in [0.15, 0.2) is 24.5 Å². The number of aryl methyl sites for hydroxylation is 1. The molecule has 0 atom stereocenters. The van der Waals surface area contributed by atoms with E-state index in [1.807, 2.05) is 11.6 Å². The van der Waals surface area contributed by atoms with Crippen LogP contribution < -0.4 is 5.32 Å². The van der Waals surface area contributed by atoms with Crippen molar-refractivity contribution in [1.29, 1.82) is 0 Å². The smallest absolute Gasteiger partial charge is 0.142 e. The summed E-state index contributed by atoms with van der Waals surface area (Å²) in [4.78, 5) is 0. The van der Waals surface area contributed by atoms with Crippen LogP contribution in [0.5, 0.6) is 0 Å². The Labute approximate surface area is 110 Å². The summed E-state index contributed by atoms with van der Waals surface area (Å²) in [5.74, 6) is 0.525. The van der Waals surface area contributed by atoms with E-state index in [1.165, 1.54) is 6.07 Å². The van der Waals surface area contributed by atoms with E-state index < -0.39 is 0 Å². The minimum atomic E-state index is -0.385. The van der Waals surface area contributed by atoms with E-state index in [2.05, 4.69) is 15.5 Å². The van der Waals surface area contributed by atoms with Gasteiger partial charge in [0.1, 0.15) is 18.0 Å². The molecule has 1 aromatic heterocycles. The molecule has 18 heavy (non-hydrogen) atoms. The van der Waals surface area contributed by atoms with Gasteiger partial charge in [-0.3, -0.25) is 0 Å². The first-order valence-electron chi connectivity index (χ1n) is 5.65. The average molecular weight is 269 g/mol. The first-order valence-corrected chi connectivity index (χ1v) is 6.02. The van der Waals surface area contributed by atoms with Crippen molar-refractivity contribution < 1.29 is 4.39 Å². The lowest BCUT2D eigenvalue weighted by Gasteiger charge is -2.07. The molecule has 0 aliphatic rings. The van der Waals surface area contributed by atoms with Gasteiger partial charge in [0, 0.05) is 26.6 Å². The molecule has 1 aromatic carbocycles. The Morgan fingerprint density at radius 3 is 3.00 bits per heavy atom. The standard InChI is InChI=1S/C12H14ClFN4/c1-18-8-16-17-11(18)5-6-15-7-9-3-2-4-10(14)12(9)13/h2-4,8,15H,5-7H2,1H3. The summed E-state index contributed by atoms with van der Waals surface area (Å²) < 4.78 is 15.1. The molecule has 0 radical (unpaired) electrons. The molecular weight excluding hydrogens is 255 g/mol. The van der Waals surface area contributed by atoms with E-state index in [-0.39, 0.29) is 10.8 Å². The Kier molecular flexibility index (Phi) is 4.28. The molecule has 1 heterocycles. The van der Waals surface area contributed by atoms with Gasteiger partial charge in [-0.05, 0) is 11.6 Å². The normalized spacial score (nSPS) is 10.8. The summed E-state index contributed by atoms with van der Waals surface area (Å²) in [6, 6.07) is 4.81. The van der Waals surface area contributed by atoms with Crippen LogP contribution in [0.1, 0.15) is 11.4 Å². The lowest BCUT2D eigenvalue weighted by Crippen LogP contribution is -2.18. The predicted octanol–water partition coefficient (Wildman–Crippen LogP) is 1.94. The number of hydrogen-bond acceptors (Lipinski definition) is 3. The summed E-state index contributed by atoms with van der Waals surface area (Å²) >= 11 is 5.86. The van der Waals surface area contributed by atoms with E-state index in [0.717, 1.165) is 24.4 Å². The minimum absolute atomic E-state index is 0.184. The fourth-order valence-electron chi connectivity index (χ4n) is 1.64. The number of nitrogens with one attached hydrogen (secondary N) is 1. The lowest BCUT2D eigenvalue weighted by molar-refractivity contribution is 0.617. The SMILES string of the molecule is Cn1cnnc1CCNCc1cccc(F)c1Cl. The number of halogens is 2. The highest BCUT2D eigenvalue weighted by Gasteiger charge is 2.05. The largest absolute Gasteiger partial charge is 0.321 e. The lowest BCUT2D eigenvalue weighted by atomic mass is 10.2. The van der Waals surface area contributed by atoms with E-state index in [9.17, 15) is 4.39 Å². The fourth-order valence-corrected chi connectivity index (χ4v) is 1.83. The highest BCUT2D eigenvalue weighted by Crippen LogP contribution is 2.19. The van der Waals surface area contributed by atoms with Crippen LogP contribution in [-0.4, -0.2) is 21.3 Å². The third-order valence-electron chi connectivity index (χ3n) is 2.68. The van der Waals surface area contributed by atoms with Gasteiger partial charge in [0.05, 0.1) is 5.02 Å². The number of benzene rings is 1. The zero-order chi connectivity index (χ0) is 13.0. The molecule has 2 rings (SSSR count). The van der Waals surface area contributed by atoms with Crippen molar-refractivity contribution >= 4 is 11.6 Å². The fraction of sp³-hybridized carbons (Fsp3) is 0.333. The number of nitrogens with zero attached hydrogens (tertiary/aromatic N) is 3. The predicted molar refractivity (Wildman–Crippen MR) is 67.8 cm³/mol. The number of aromatic nitrogens is 3. The van der Waals surface area contributed by atoms with E-state index in [0.29, 0.717) is 6.54 Å². The zero-order valence-corrected chi connectivity index (χ0v) is 10.8. The molecule has 0 saturated carbocycles. The molecule has 6 heteroatoms. The zero-order valence-electron chi connectivity index (χ0n) is 10.0. The second kappa shape index (κ2) is 5.93. The van der Waals surface area contributed by atoms with Crippen LogP contribution in [0, 0.1) is 5.82 Å². The van der Waals surface area contributed by atoms with Crippen LogP contribution in [0.3, 0.4) is 0 Å². The second-order valence-corrected chi connectivity index (χ2v) is 4.38. The van der Waals surface area contributed by atoms with Crippen LogP contribution in [0.25, 0.3) is 0 Å². The molecule has 1 N–H and O–H groups in total. The van der Waals surface area contributed by atoms with Crippen molar-refractivity contribution in [2.75, 3.05) is 6.54 Å². The van der Waals surface area contributed by atoms with Crippen LogP contribution in [0.4, 0.5) is 4.39 Å². The van der Waals surface area contributed by atoms with E-state index in [4.69, 9.17) is 11.6 Å². The molecule has 0 amide bonds. The number of rotatable bonds is 5. The first-order chi connectivity index (χ1) is 8.68. The maximum absolute atomic E-state index is 13.2. The third kappa shape index (κ3) is 3.05. The maximum atomic E-state index is 13.2. The molecule has 0 fully saturated rings. The topological polar surface area (TPSA) is 42.7 Å². The van der Waals surface area contributed by atoms with Gasteiger partial charge in [0.25, 0.3) is 0 Å². The molecule has 0 aliphatic heterocycles. The van der Waals surface area contributed by atoms with E-state index in [1.54, 1.807) is 18.5 Å². The van der Waals surface area contributed by atoms with Crippen molar-refractivity contribution in [2.45, 2.75) is 13.0 Å². The molecule has 0 aliphatic carbocycles. The summed E-state index contributed by atoms with van der Waals surface area (Å²) in [6.45, 7) is 1.27. The monoisotopic (exact) mass is 268 g/mol. The van der Waals surface area contributed by atoms with Crippen molar-refractivity contribution in [1.82, 2.24) is 20.1 Å². The Hall–Kier alpha value is -1.46. The highest BCUT2D eigenvalue weighted by molar-refractivity contribution is 6.31. The molecule has 4 nitrogen and oxygen atoms in total. The second-order valence-electron chi connectivity index (χ2n) is 4.00. The Morgan fingerprint density at radius 1 is 1.44 bits per heavy atom. The molecule has 96 valence electrons. The van der Waals surface area contributed by atoms with Crippen LogP contribution >= 0.6 is 11.6 Å². The molecular formula is C12H14ClFN4. The quantitative estimate of drug-likeness (QED) is 0.843. The van der Waals surface area contributed by atoms with Crippen molar-refractivity contribution in [3.63, 3.8) is 0 Å². The van der Waals surface area contributed by atoms with Crippen molar-refractivity contribution in [2.24, 2.45) is 7.05 Å². The van der Waals surface area contributed by atoms with Gasteiger partial charge < -0.3 is 9.88 Å². The van der Waals surface area contributed by atoms with Gasteiger partial charge in [-0.2, -0.15) is 0 Å². The Bertz CT molecular complexity index is 527. The first kappa shape index (κ1) is 13.0. The summed E-state index contributed by atoms with van der Waals surface area (Å²) in [5.41, 5.74) is 0.759. The summed E-state index contributed by atoms with van der Waals surface area (Å²) in [6.07, 6.45) is 2.43. The molecule has 0 bridgehead atoms. The molecule has 0 spiro atoms. The third-order valence-corrected chi connectivity index (χ3v) is 3.10. The number of hydrogen-bond donors (Lipinski definition) is 1. The van der Waals surface area contributed by atoms with Crippen LogP contribution in [-0.2, 0) is 20.0 Å². The Morgan fingerprint density at radius 2 is 2.28 bits per heavy atom. The highest BCUT2D eigenvalue weighted by atomic mass is 35.5. The maximum Gasteiger partial charge on any atom is 0.142 e. The van der Waals surface area contributed by atoms with Gasteiger partial charge in [-0.25, -0.2) is 4.39 Å². The minimum Gasteiger partial charge on any atom is -0.321 e. The molecule has 0 saturated heterocycles. The van der Waals surface area contributed by atoms with Crippen molar-refractivity contribution in [3.05, 3.63) is 46.8 Å². The van der Waals surface area contributed by atoms with Gasteiger partial charge in [-0.15, -0.1) is 10.2 Å². The van der Waals surface area contributed by atoms with Gasteiger partial charge in [-0.1, -0.05) is 23.7 Å². The van der Waals surface area contributed by atoms with E-state index >= 15 is 0 Å². The van der Waals surface area contributed by atoms with Gasteiger partial charge in [0.15, 0.2) is 0 Å². The van der Waals surface area contributed by atoms with Gasteiger partial charge in [0.2, 0.25) is 0 Å².